The van der Waals surface area contributed by atoms with Crippen LogP contribution >= 0.6 is 11.6 Å². The molecule has 6 nitrogen and oxygen atoms in total. The number of nitrogens with zero attached hydrogens (tertiary/aromatic N) is 2. The number of hydrogen-bond donors (Lipinski definition) is 2. The predicted molar refractivity (Wildman–Crippen MR) is 76.5 cm³/mol. The van der Waals surface area contributed by atoms with Crippen molar-refractivity contribution in [1.29, 1.82) is 0 Å². The standard InChI is InChI=1S/C13H19ClN4O2/c1-17-7-9(14)6-11(17)13(20)18(8-12(15)19)10-2-4-16-5-3-10/h6-7,10,16H,2-5,8H2,1H3,(H2,15,19). The van der Waals surface area contributed by atoms with Crippen molar-refractivity contribution in [3.8, 4) is 0 Å². The van der Waals surface area contributed by atoms with Gasteiger partial charge in [-0.25, -0.2) is 0 Å². The van der Waals surface area contributed by atoms with Gasteiger partial charge in [0.05, 0.1) is 11.6 Å². The van der Waals surface area contributed by atoms with E-state index < -0.39 is 5.91 Å². The van der Waals surface area contributed by atoms with Gasteiger partial charge in [-0.15, -0.1) is 0 Å². The van der Waals surface area contributed by atoms with Gasteiger partial charge in [-0.3, -0.25) is 9.59 Å². The van der Waals surface area contributed by atoms with Crippen LogP contribution in [0.4, 0.5) is 0 Å². The number of carbonyl (C=O) groups is 2. The zero-order valence-electron chi connectivity index (χ0n) is 11.4. The summed E-state index contributed by atoms with van der Waals surface area (Å²) in [5, 5.41) is 3.74. The van der Waals surface area contributed by atoms with E-state index in [1.165, 1.54) is 0 Å². The number of aryl methyl sites for hydroxylation is 1. The lowest BCUT2D eigenvalue weighted by Crippen LogP contribution is -2.49. The maximum absolute atomic E-state index is 12.6. The summed E-state index contributed by atoms with van der Waals surface area (Å²) in [4.78, 5) is 25.5. The number of piperidine rings is 1. The van der Waals surface area contributed by atoms with E-state index in [0.29, 0.717) is 10.7 Å². The number of rotatable bonds is 4. The van der Waals surface area contributed by atoms with Crippen molar-refractivity contribution in [2.45, 2.75) is 18.9 Å². The summed E-state index contributed by atoms with van der Waals surface area (Å²) in [6, 6.07) is 1.64. The molecule has 1 aliphatic heterocycles. The molecule has 1 fully saturated rings. The highest BCUT2D eigenvalue weighted by molar-refractivity contribution is 6.31. The molecule has 7 heteroatoms. The van der Waals surface area contributed by atoms with Gasteiger partial charge in [-0.1, -0.05) is 11.6 Å². The topological polar surface area (TPSA) is 80.4 Å². The highest BCUT2D eigenvalue weighted by Crippen LogP contribution is 2.19. The molecule has 1 saturated heterocycles. The van der Waals surface area contributed by atoms with E-state index in [4.69, 9.17) is 17.3 Å². The van der Waals surface area contributed by atoms with Gasteiger partial charge in [0.2, 0.25) is 5.91 Å². The fourth-order valence-electron chi connectivity index (χ4n) is 2.54. The molecule has 1 aromatic heterocycles. The quantitative estimate of drug-likeness (QED) is 0.842. The van der Waals surface area contributed by atoms with Crippen LogP contribution < -0.4 is 11.1 Å². The maximum Gasteiger partial charge on any atom is 0.271 e. The zero-order valence-corrected chi connectivity index (χ0v) is 12.2. The van der Waals surface area contributed by atoms with Crippen LogP contribution in [-0.2, 0) is 11.8 Å². The first-order valence-corrected chi connectivity index (χ1v) is 6.98. The van der Waals surface area contributed by atoms with Crippen molar-refractivity contribution in [1.82, 2.24) is 14.8 Å². The summed E-state index contributed by atoms with van der Waals surface area (Å²) in [6.07, 6.45) is 3.30. The van der Waals surface area contributed by atoms with E-state index in [-0.39, 0.29) is 18.5 Å². The van der Waals surface area contributed by atoms with Gasteiger partial charge in [0, 0.05) is 19.3 Å². The molecule has 0 aliphatic carbocycles. The summed E-state index contributed by atoms with van der Waals surface area (Å²) in [6.45, 7) is 1.61. The molecule has 20 heavy (non-hydrogen) atoms. The number of hydrogen-bond acceptors (Lipinski definition) is 3. The summed E-state index contributed by atoms with van der Waals surface area (Å²) < 4.78 is 1.67. The molecule has 2 amide bonds. The first kappa shape index (κ1) is 14.9. The summed E-state index contributed by atoms with van der Waals surface area (Å²) in [7, 11) is 1.75. The van der Waals surface area contributed by atoms with Gasteiger partial charge in [-0.2, -0.15) is 0 Å². The lowest BCUT2D eigenvalue weighted by atomic mass is 10.0. The zero-order chi connectivity index (χ0) is 14.7. The molecule has 0 aromatic carbocycles. The average molecular weight is 299 g/mol. The fraction of sp³-hybridized carbons (Fsp3) is 0.538. The third-order valence-electron chi connectivity index (χ3n) is 3.53. The average Bonchev–Trinajstić information content (AvgIpc) is 2.75. The second-order valence-electron chi connectivity index (χ2n) is 5.04. The molecule has 1 aromatic rings. The van der Waals surface area contributed by atoms with Crippen molar-refractivity contribution in [2.75, 3.05) is 19.6 Å². The molecule has 110 valence electrons. The van der Waals surface area contributed by atoms with Crippen LogP contribution in [0, 0.1) is 0 Å². The maximum atomic E-state index is 12.6. The molecule has 0 saturated carbocycles. The fourth-order valence-corrected chi connectivity index (χ4v) is 2.79. The smallest absolute Gasteiger partial charge is 0.271 e. The highest BCUT2D eigenvalue weighted by Gasteiger charge is 2.28. The van der Waals surface area contributed by atoms with Crippen LogP contribution in [0.3, 0.4) is 0 Å². The number of nitrogens with one attached hydrogen (secondary N) is 1. The number of nitrogens with two attached hydrogens (primary N) is 1. The van der Waals surface area contributed by atoms with E-state index in [9.17, 15) is 9.59 Å². The molecule has 2 heterocycles. The van der Waals surface area contributed by atoms with Crippen LogP contribution in [0.15, 0.2) is 12.3 Å². The number of amides is 2. The Morgan fingerprint density at radius 3 is 2.65 bits per heavy atom. The van der Waals surface area contributed by atoms with E-state index in [0.717, 1.165) is 25.9 Å². The third kappa shape index (κ3) is 3.32. The molecule has 0 bridgehead atoms. The van der Waals surface area contributed by atoms with Gasteiger partial charge in [0.1, 0.15) is 5.69 Å². The molecule has 0 atom stereocenters. The van der Waals surface area contributed by atoms with E-state index >= 15 is 0 Å². The Bertz CT molecular complexity index is 508. The van der Waals surface area contributed by atoms with Crippen LogP contribution in [0.25, 0.3) is 0 Å². The second kappa shape index (κ2) is 6.28. The van der Waals surface area contributed by atoms with Gasteiger partial charge in [0.25, 0.3) is 5.91 Å². The number of primary amides is 1. The minimum atomic E-state index is -0.503. The van der Waals surface area contributed by atoms with Crippen LogP contribution in [0.1, 0.15) is 23.3 Å². The van der Waals surface area contributed by atoms with Crippen LogP contribution in [-0.4, -0.2) is 47.0 Å². The van der Waals surface area contributed by atoms with Gasteiger partial charge in [0.15, 0.2) is 0 Å². The Hall–Kier alpha value is -1.53. The minimum absolute atomic E-state index is 0.0323. The van der Waals surface area contributed by atoms with Crippen molar-refractivity contribution in [3.05, 3.63) is 23.0 Å². The molecular formula is C13H19ClN4O2. The van der Waals surface area contributed by atoms with E-state index in [1.807, 2.05) is 0 Å². The van der Waals surface area contributed by atoms with Crippen LogP contribution in [0.2, 0.25) is 5.02 Å². The predicted octanol–water partition coefficient (Wildman–Crippen LogP) is 0.358. The van der Waals surface area contributed by atoms with Crippen LogP contribution in [0.5, 0.6) is 0 Å². The summed E-state index contributed by atoms with van der Waals surface area (Å²) >= 11 is 5.91. The Kier molecular flexibility index (Phi) is 4.67. The van der Waals surface area contributed by atoms with E-state index in [1.54, 1.807) is 28.8 Å². The van der Waals surface area contributed by atoms with Crippen molar-refractivity contribution in [3.63, 3.8) is 0 Å². The molecular weight excluding hydrogens is 280 g/mol. The number of aromatic nitrogens is 1. The molecule has 2 rings (SSSR count). The number of halogens is 1. The van der Waals surface area contributed by atoms with E-state index in [2.05, 4.69) is 5.32 Å². The third-order valence-corrected chi connectivity index (χ3v) is 3.73. The molecule has 0 radical (unpaired) electrons. The monoisotopic (exact) mass is 298 g/mol. The lowest BCUT2D eigenvalue weighted by Gasteiger charge is -2.33. The lowest BCUT2D eigenvalue weighted by molar-refractivity contribution is -0.119. The molecule has 3 N–H and O–H groups in total. The second-order valence-corrected chi connectivity index (χ2v) is 5.47. The van der Waals surface area contributed by atoms with Gasteiger partial charge in [-0.05, 0) is 32.0 Å². The SMILES string of the molecule is Cn1cc(Cl)cc1C(=O)N(CC(N)=O)C1CCNCC1. The molecule has 1 aliphatic rings. The Morgan fingerprint density at radius 2 is 2.15 bits per heavy atom. The Balaban J connectivity index is 2.23. The molecule has 0 spiro atoms. The van der Waals surface area contributed by atoms with Crippen molar-refractivity contribution < 1.29 is 9.59 Å². The van der Waals surface area contributed by atoms with Crippen molar-refractivity contribution >= 4 is 23.4 Å². The Morgan fingerprint density at radius 1 is 1.50 bits per heavy atom. The first-order chi connectivity index (χ1) is 9.49. The normalized spacial score (nSPS) is 16.1. The van der Waals surface area contributed by atoms with Gasteiger partial charge < -0.3 is 20.5 Å². The largest absolute Gasteiger partial charge is 0.368 e. The highest BCUT2D eigenvalue weighted by atomic mass is 35.5. The first-order valence-electron chi connectivity index (χ1n) is 6.61. The Labute approximate surface area is 122 Å². The molecule has 0 unspecified atom stereocenters. The summed E-state index contributed by atoms with van der Waals surface area (Å²) in [5.74, 6) is -0.706. The van der Waals surface area contributed by atoms with Crippen molar-refractivity contribution in [2.24, 2.45) is 12.8 Å². The van der Waals surface area contributed by atoms with Gasteiger partial charge >= 0.3 is 0 Å². The number of carbonyl (C=O) groups excluding carboxylic acids is 2. The minimum Gasteiger partial charge on any atom is -0.368 e. The summed E-state index contributed by atoms with van der Waals surface area (Å²) in [5.41, 5.74) is 5.75.